The molecule has 0 aromatic heterocycles. The van der Waals surface area contributed by atoms with Gasteiger partial charge in [-0.2, -0.15) is 0 Å². The Kier molecular flexibility index (Phi) is 5.05. The maximum Gasteiger partial charge on any atom is 0.255 e. The minimum absolute atomic E-state index is 0.0935. The lowest BCUT2D eigenvalue weighted by molar-refractivity contribution is 0.0776. The van der Waals surface area contributed by atoms with Crippen molar-refractivity contribution in [2.75, 3.05) is 18.8 Å². The largest absolute Gasteiger partial charge is 0.398 e. The third-order valence-electron chi connectivity index (χ3n) is 2.32. The Labute approximate surface area is 110 Å². The summed E-state index contributed by atoms with van der Waals surface area (Å²) in [6, 6.07) is 5.24. The number of nitrogens with two attached hydrogens (primary N) is 1. The number of hydrogen-bond donors (Lipinski definition) is 1. The molecule has 3 nitrogen and oxygen atoms in total. The van der Waals surface area contributed by atoms with Crippen LogP contribution in [0.4, 0.5) is 5.69 Å². The van der Waals surface area contributed by atoms with Gasteiger partial charge in [-0.05, 0) is 34.5 Å². The van der Waals surface area contributed by atoms with E-state index in [1.807, 2.05) is 6.92 Å². The highest BCUT2D eigenvalue weighted by atomic mass is 79.9. The smallest absolute Gasteiger partial charge is 0.255 e. The summed E-state index contributed by atoms with van der Waals surface area (Å²) >= 11 is 3.33. The highest BCUT2D eigenvalue weighted by Crippen LogP contribution is 2.24. The zero-order valence-electron chi connectivity index (χ0n) is 9.74. The molecule has 0 aliphatic rings. The molecule has 1 amide bonds. The highest BCUT2D eigenvalue weighted by Gasteiger charge is 2.17. The van der Waals surface area contributed by atoms with E-state index < -0.39 is 0 Å². The Balaban J connectivity index is 3.01. The van der Waals surface area contributed by atoms with Crippen LogP contribution in [0.15, 0.2) is 22.7 Å². The van der Waals surface area contributed by atoms with Gasteiger partial charge in [-0.1, -0.05) is 18.9 Å². The van der Waals surface area contributed by atoms with Gasteiger partial charge in [-0.15, -0.1) is 6.42 Å². The van der Waals surface area contributed by atoms with Crippen LogP contribution in [-0.4, -0.2) is 23.9 Å². The molecule has 0 heterocycles. The molecule has 0 radical (unpaired) electrons. The van der Waals surface area contributed by atoms with Gasteiger partial charge in [0, 0.05) is 12.2 Å². The number of carbonyl (C=O) groups is 1. The van der Waals surface area contributed by atoms with Crippen LogP contribution in [0.1, 0.15) is 23.7 Å². The van der Waals surface area contributed by atoms with Crippen LogP contribution in [0.3, 0.4) is 0 Å². The molecule has 0 aliphatic carbocycles. The second-order valence-corrected chi connectivity index (χ2v) is 4.43. The molecular weight excluding hydrogens is 280 g/mol. The third kappa shape index (κ3) is 3.24. The van der Waals surface area contributed by atoms with Crippen LogP contribution >= 0.6 is 15.9 Å². The molecule has 0 atom stereocenters. The summed E-state index contributed by atoms with van der Waals surface area (Å²) in [6.07, 6.45) is 6.13. The molecule has 0 saturated heterocycles. The van der Waals surface area contributed by atoms with Crippen molar-refractivity contribution in [1.82, 2.24) is 4.90 Å². The van der Waals surface area contributed by atoms with Crippen LogP contribution in [0.2, 0.25) is 0 Å². The van der Waals surface area contributed by atoms with Crippen LogP contribution in [0.5, 0.6) is 0 Å². The van der Waals surface area contributed by atoms with Gasteiger partial charge in [-0.25, -0.2) is 0 Å². The van der Waals surface area contributed by atoms with Crippen molar-refractivity contribution in [2.24, 2.45) is 0 Å². The summed E-state index contributed by atoms with van der Waals surface area (Å²) in [5.41, 5.74) is 6.85. The van der Waals surface area contributed by atoms with E-state index in [1.165, 1.54) is 0 Å². The lowest BCUT2D eigenvalue weighted by Gasteiger charge is -2.20. The number of benzene rings is 1. The average Bonchev–Trinajstić information content (AvgIpc) is 2.31. The Morgan fingerprint density at radius 2 is 2.29 bits per heavy atom. The SMILES string of the molecule is C#CCN(CCC)C(=O)c1cccc(N)c1Br. The lowest BCUT2D eigenvalue weighted by Crippen LogP contribution is -2.32. The molecule has 0 fully saturated rings. The molecule has 4 heteroatoms. The monoisotopic (exact) mass is 294 g/mol. The first-order valence-electron chi connectivity index (χ1n) is 5.38. The number of amides is 1. The predicted molar refractivity (Wildman–Crippen MR) is 73.6 cm³/mol. The van der Waals surface area contributed by atoms with Crippen LogP contribution in [0.25, 0.3) is 0 Å². The Morgan fingerprint density at radius 1 is 1.59 bits per heavy atom. The Bertz CT molecular complexity index is 451. The molecule has 2 N–H and O–H groups in total. The van der Waals surface area contributed by atoms with Crippen molar-refractivity contribution >= 4 is 27.5 Å². The van der Waals surface area contributed by atoms with Gasteiger partial charge in [-0.3, -0.25) is 4.79 Å². The molecule has 17 heavy (non-hydrogen) atoms. The summed E-state index contributed by atoms with van der Waals surface area (Å²) in [5.74, 6) is 2.40. The molecular formula is C13H15BrN2O. The number of rotatable bonds is 4. The Hall–Kier alpha value is -1.47. The van der Waals surface area contributed by atoms with E-state index in [1.54, 1.807) is 23.1 Å². The number of halogens is 1. The third-order valence-corrected chi connectivity index (χ3v) is 3.21. The van der Waals surface area contributed by atoms with Crippen molar-refractivity contribution < 1.29 is 4.79 Å². The zero-order valence-corrected chi connectivity index (χ0v) is 11.3. The number of anilines is 1. The van der Waals surface area contributed by atoms with Crippen molar-refractivity contribution in [1.29, 1.82) is 0 Å². The van der Waals surface area contributed by atoms with Crippen LogP contribution in [-0.2, 0) is 0 Å². The number of terminal acetylenes is 1. The van der Waals surface area contributed by atoms with E-state index in [0.717, 1.165) is 6.42 Å². The second kappa shape index (κ2) is 6.31. The maximum atomic E-state index is 12.2. The molecule has 0 spiro atoms. The minimum atomic E-state index is -0.0935. The second-order valence-electron chi connectivity index (χ2n) is 3.64. The number of hydrogen-bond acceptors (Lipinski definition) is 2. The molecule has 1 aromatic rings. The van der Waals surface area contributed by atoms with Crippen molar-refractivity contribution in [3.63, 3.8) is 0 Å². The van der Waals surface area contributed by atoms with Crippen molar-refractivity contribution in [2.45, 2.75) is 13.3 Å². The van der Waals surface area contributed by atoms with Gasteiger partial charge in [0.15, 0.2) is 0 Å². The fraction of sp³-hybridized carbons (Fsp3) is 0.308. The van der Waals surface area contributed by atoms with Crippen LogP contribution in [0, 0.1) is 12.3 Å². The predicted octanol–water partition coefficient (Wildman–Crippen LogP) is 2.52. The van der Waals surface area contributed by atoms with Gasteiger partial charge < -0.3 is 10.6 Å². The number of nitrogen functional groups attached to an aromatic ring is 1. The Morgan fingerprint density at radius 3 is 2.88 bits per heavy atom. The summed E-state index contributed by atoms with van der Waals surface area (Å²) in [6.45, 7) is 2.96. The first kappa shape index (κ1) is 13.6. The van der Waals surface area contributed by atoms with E-state index in [-0.39, 0.29) is 5.91 Å². The quantitative estimate of drug-likeness (QED) is 0.685. The first-order valence-corrected chi connectivity index (χ1v) is 6.17. The van der Waals surface area contributed by atoms with Gasteiger partial charge in [0.1, 0.15) is 0 Å². The van der Waals surface area contributed by atoms with Gasteiger partial charge in [0.2, 0.25) is 0 Å². The van der Waals surface area contributed by atoms with E-state index in [2.05, 4.69) is 21.9 Å². The van der Waals surface area contributed by atoms with E-state index in [4.69, 9.17) is 12.2 Å². The summed E-state index contributed by atoms with van der Waals surface area (Å²) in [5, 5.41) is 0. The van der Waals surface area contributed by atoms with Crippen molar-refractivity contribution in [3.05, 3.63) is 28.2 Å². The fourth-order valence-electron chi connectivity index (χ4n) is 1.52. The molecule has 0 saturated carbocycles. The molecule has 90 valence electrons. The highest BCUT2D eigenvalue weighted by molar-refractivity contribution is 9.10. The summed E-state index contributed by atoms with van der Waals surface area (Å²) < 4.78 is 0.628. The molecule has 0 bridgehead atoms. The zero-order chi connectivity index (χ0) is 12.8. The molecule has 0 aliphatic heterocycles. The maximum absolute atomic E-state index is 12.2. The number of carbonyl (C=O) groups excluding carboxylic acids is 1. The standard InChI is InChI=1S/C13H15BrN2O/c1-3-8-16(9-4-2)13(17)10-6-5-7-11(15)12(10)14/h1,5-7H,4,8-9,15H2,2H3. The average molecular weight is 295 g/mol. The first-order chi connectivity index (χ1) is 8.11. The fourth-order valence-corrected chi connectivity index (χ4v) is 1.95. The lowest BCUT2D eigenvalue weighted by atomic mass is 10.1. The normalized spacial score (nSPS) is 9.71. The van der Waals surface area contributed by atoms with E-state index >= 15 is 0 Å². The van der Waals surface area contributed by atoms with Gasteiger partial charge in [0.25, 0.3) is 5.91 Å². The summed E-state index contributed by atoms with van der Waals surface area (Å²) in [4.78, 5) is 13.9. The van der Waals surface area contributed by atoms with Gasteiger partial charge >= 0.3 is 0 Å². The van der Waals surface area contributed by atoms with E-state index in [0.29, 0.717) is 28.8 Å². The molecule has 0 unspecified atom stereocenters. The minimum Gasteiger partial charge on any atom is -0.398 e. The van der Waals surface area contributed by atoms with E-state index in [9.17, 15) is 4.79 Å². The van der Waals surface area contributed by atoms with Gasteiger partial charge in [0.05, 0.1) is 16.6 Å². The van der Waals surface area contributed by atoms with Crippen LogP contribution < -0.4 is 5.73 Å². The summed E-state index contributed by atoms with van der Waals surface area (Å²) in [7, 11) is 0. The molecule has 1 rings (SSSR count). The number of nitrogens with zero attached hydrogens (tertiary/aromatic N) is 1. The topological polar surface area (TPSA) is 46.3 Å². The molecule has 1 aromatic carbocycles. The van der Waals surface area contributed by atoms with Crippen molar-refractivity contribution in [3.8, 4) is 12.3 Å².